The summed E-state index contributed by atoms with van der Waals surface area (Å²) in [4.78, 5) is 13.3. The van der Waals surface area contributed by atoms with Crippen molar-refractivity contribution >= 4 is 38.3 Å². The Labute approximate surface area is 188 Å². The zero-order valence-electron chi connectivity index (χ0n) is 18.0. The summed E-state index contributed by atoms with van der Waals surface area (Å²) in [6, 6.07) is 5.79. The molecule has 0 aliphatic rings. The maximum absolute atomic E-state index is 13.3. The summed E-state index contributed by atoms with van der Waals surface area (Å²) in [7, 11) is -0.0871. The van der Waals surface area contributed by atoms with Gasteiger partial charge in [-0.3, -0.25) is 4.79 Å². The molecule has 0 aromatic heterocycles. The van der Waals surface area contributed by atoms with Gasteiger partial charge >= 0.3 is 18.9 Å². The zero-order chi connectivity index (χ0) is 20.8. The zero-order valence-corrected chi connectivity index (χ0v) is 19.0. The van der Waals surface area contributed by atoms with Crippen LogP contribution in [0.4, 0.5) is 0 Å². The van der Waals surface area contributed by atoms with Crippen LogP contribution in [-0.2, 0) is 0 Å². The number of hydrogen-bond donors (Lipinski definition) is 0. The number of aryl methyl sites for hydroxylation is 2. The van der Waals surface area contributed by atoms with Gasteiger partial charge in [-0.15, -0.1) is 0 Å². The Morgan fingerprint density at radius 2 is 1.31 bits per heavy atom. The average Bonchev–Trinajstić information content (AvgIpc) is 2.63. The minimum absolute atomic E-state index is 0. The second-order valence-corrected chi connectivity index (χ2v) is 7.89. The van der Waals surface area contributed by atoms with E-state index in [1.807, 2.05) is 46.8 Å². The van der Waals surface area contributed by atoms with Crippen LogP contribution in [0.3, 0.4) is 0 Å². The molecule has 0 fully saturated rings. The van der Waals surface area contributed by atoms with Crippen molar-refractivity contribution in [3.05, 3.63) is 46.0 Å². The topological polar surface area (TPSA) is 44.8 Å². The predicted octanol–water partition coefficient (Wildman–Crippen LogP) is 4.61. The summed E-state index contributed by atoms with van der Waals surface area (Å²) in [5, 5.41) is 0.800. The molecule has 1 atom stereocenters. The van der Waals surface area contributed by atoms with Crippen LogP contribution in [-0.4, -0.2) is 44.2 Å². The molecule has 2 aromatic carbocycles. The summed E-state index contributed by atoms with van der Waals surface area (Å²) in [5.41, 5.74) is 5.35. The molecule has 0 N–H and O–H groups in total. The van der Waals surface area contributed by atoms with Gasteiger partial charge in [-0.05, 0) is 79.3 Å². The third kappa shape index (κ3) is 6.02. The Bertz CT molecular complexity index is 837. The molecular formula is C23H32LiO4P. The van der Waals surface area contributed by atoms with Crippen molar-refractivity contribution < 1.29 is 19.0 Å². The van der Waals surface area contributed by atoms with Gasteiger partial charge in [0.2, 0.25) is 0 Å². The van der Waals surface area contributed by atoms with Gasteiger partial charge < -0.3 is 14.2 Å². The summed E-state index contributed by atoms with van der Waals surface area (Å²) < 4.78 is 17.3. The fraction of sp³-hybridized carbons (Fsp3) is 0.435. The molecule has 0 saturated carbocycles. The number of rotatable bonds is 9. The van der Waals surface area contributed by atoms with E-state index in [2.05, 4.69) is 19.9 Å². The van der Waals surface area contributed by atoms with Gasteiger partial charge in [0.15, 0.2) is 5.52 Å². The molecule has 0 spiro atoms. The van der Waals surface area contributed by atoms with Crippen molar-refractivity contribution in [3.63, 3.8) is 0 Å². The molecule has 0 aliphatic heterocycles. The molecule has 2 rings (SSSR count). The van der Waals surface area contributed by atoms with E-state index < -0.39 is 0 Å². The van der Waals surface area contributed by atoms with Crippen molar-refractivity contribution in [2.45, 2.75) is 48.5 Å². The van der Waals surface area contributed by atoms with Crippen molar-refractivity contribution in [2.75, 3.05) is 19.8 Å². The standard InChI is InChI=1S/C23H31O4P.Li.H/c1-8-25-18-12-19(26-9-2)22(20(13-18)27-10-3)28-23(24)21-15(5)11-14(4)16(6)17(21)7;;/h11-13,28H,8-10H2,1-7H3;;. The van der Waals surface area contributed by atoms with Crippen LogP contribution in [0.1, 0.15) is 53.4 Å². The summed E-state index contributed by atoms with van der Waals surface area (Å²) in [5.74, 6) is 2.00. The van der Waals surface area contributed by atoms with Crippen LogP contribution in [0, 0.1) is 27.7 Å². The first-order valence-corrected chi connectivity index (χ1v) is 10.8. The SMILES string of the molecule is CCOc1cc(OCC)c(PC(=O)c2c(C)cc(C)c(C)c2C)c(OCC)c1.[LiH]. The van der Waals surface area contributed by atoms with Crippen LogP contribution in [0.5, 0.6) is 17.2 Å². The molecule has 0 amide bonds. The van der Waals surface area contributed by atoms with Gasteiger partial charge in [0.05, 0.1) is 25.1 Å². The molecule has 1 unspecified atom stereocenters. The summed E-state index contributed by atoms with van der Waals surface area (Å²) >= 11 is 0. The number of carbonyl (C=O) groups is 1. The average molecular weight is 410 g/mol. The number of benzene rings is 2. The molecule has 0 heterocycles. The first-order chi connectivity index (χ1) is 13.3. The first kappa shape index (κ1) is 25.6. The Morgan fingerprint density at radius 1 is 0.793 bits per heavy atom. The third-order valence-electron chi connectivity index (χ3n) is 4.77. The van der Waals surface area contributed by atoms with E-state index in [4.69, 9.17) is 14.2 Å². The van der Waals surface area contributed by atoms with E-state index in [-0.39, 0.29) is 33.0 Å². The molecule has 4 nitrogen and oxygen atoms in total. The Hall–Kier alpha value is -1.46. The van der Waals surface area contributed by atoms with E-state index in [1.165, 1.54) is 11.1 Å². The van der Waals surface area contributed by atoms with Gasteiger partial charge in [0.1, 0.15) is 17.2 Å². The number of ether oxygens (including phenoxy) is 3. The maximum atomic E-state index is 13.3. The fourth-order valence-electron chi connectivity index (χ4n) is 3.29. The Kier molecular flexibility index (Phi) is 10.3. The van der Waals surface area contributed by atoms with Crippen LogP contribution in [0.15, 0.2) is 18.2 Å². The fourth-order valence-corrected chi connectivity index (χ4v) is 4.56. The van der Waals surface area contributed by atoms with E-state index in [0.717, 1.165) is 22.0 Å². The number of hydrogen-bond acceptors (Lipinski definition) is 4. The monoisotopic (exact) mass is 410 g/mol. The summed E-state index contributed by atoms with van der Waals surface area (Å²) in [6.07, 6.45) is 0. The second kappa shape index (κ2) is 11.7. The van der Waals surface area contributed by atoms with Crippen molar-refractivity contribution in [3.8, 4) is 17.2 Å². The van der Waals surface area contributed by atoms with Crippen LogP contribution >= 0.6 is 8.58 Å². The van der Waals surface area contributed by atoms with E-state index in [1.54, 1.807) is 0 Å². The quantitative estimate of drug-likeness (QED) is 0.447. The molecule has 0 saturated heterocycles. The Balaban J connectivity index is 0.00000420. The van der Waals surface area contributed by atoms with E-state index in [0.29, 0.717) is 37.1 Å². The minimum atomic E-state index is -0.0871. The van der Waals surface area contributed by atoms with E-state index >= 15 is 0 Å². The predicted molar refractivity (Wildman–Crippen MR) is 125 cm³/mol. The third-order valence-corrected chi connectivity index (χ3v) is 5.99. The number of carbonyl (C=O) groups excluding carboxylic acids is 1. The second-order valence-electron chi connectivity index (χ2n) is 6.68. The van der Waals surface area contributed by atoms with Crippen LogP contribution in [0.25, 0.3) is 0 Å². The van der Waals surface area contributed by atoms with Crippen molar-refractivity contribution in [1.29, 1.82) is 0 Å². The normalized spacial score (nSPS) is 10.7. The molecule has 29 heavy (non-hydrogen) atoms. The van der Waals surface area contributed by atoms with Gasteiger partial charge in [0.25, 0.3) is 0 Å². The summed E-state index contributed by atoms with van der Waals surface area (Å²) in [6.45, 7) is 15.5. The van der Waals surface area contributed by atoms with E-state index in [9.17, 15) is 4.79 Å². The van der Waals surface area contributed by atoms with Crippen LogP contribution < -0.4 is 19.5 Å². The van der Waals surface area contributed by atoms with Crippen molar-refractivity contribution in [2.24, 2.45) is 0 Å². The molecular weight excluding hydrogens is 378 g/mol. The first-order valence-electron chi connectivity index (χ1n) is 9.79. The molecule has 0 aliphatic carbocycles. The molecule has 154 valence electrons. The van der Waals surface area contributed by atoms with Gasteiger partial charge in [-0.1, -0.05) is 6.07 Å². The van der Waals surface area contributed by atoms with Crippen molar-refractivity contribution in [1.82, 2.24) is 0 Å². The Morgan fingerprint density at radius 3 is 1.79 bits per heavy atom. The van der Waals surface area contributed by atoms with Gasteiger partial charge in [-0.2, -0.15) is 0 Å². The molecule has 2 aromatic rings. The molecule has 6 heteroatoms. The molecule has 0 radical (unpaired) electrons. The molecule has 0 bridgehead atoms. The van der Waals surface area contributed by atoms with Crippen LogP contribution in [0.2, 0.25) is 0 Å². The van der Waals surface area contributed by atoms with Gasteiger partial charge in [0, 0.05) is 17.7 Å². The van der Waals surface area contributed by atoms with Gasteiger partial charge in [-0.25, -0.2) is 0 Å².